The van der Waals surface area contributed by atoms with E-state index in [1.807, 2.05) is 0 Å². The minimum Gasteiger partial charge on any atom is -0.514 e. The van der Waals surface area contributed by atoms with Crippen molar-refractivity contribution in [3.8, 4) is 0 Å². The van der Waals surface area contributed by atoms with Gasteiger partial charge in [-0.05, 0) is 12.1 Å². The van der Waals surface area contributed by atoms with Crippen molar-refractivity contribution in [1.82, 2.24) is 0 Å². The van der Waals surface area contributed by atoms with Crippen molar-refractivity contribution >= 4 is 15.6 Å². The fourth-order valence-electron chi connectivity index (χ4n) is 1.39. The first kappa shape index (κ1) is 8.96. The van der Waals surface area contributed by atoms with Crippen LogP contribution in [-0.4, -0.2) is 19.3 Å². The summed E-state index contributed by atoms with van der Waals surface area (Å²) in [7, 11) is -3.78. The van der Waals surface area contributed by atoms with Crippen molar-refractivity contribution in [3.05, 3.63) is 41.0 Å². The zero-order valence-corrected chi connectivity index (χ0v) is 7.78. The Kier molecular flexibility index (Phi) is 1.72. The summed E-state index contributed by atoms with van der Waals surface area (Å²) in [6.07, 6.45) is 0.345. The molecule has 5 heteroatoms. The van der Waals surface area contributed by atoms with Gasteiger partial charge in [-0.1, -0.05) is 12.1 Å². The predicted octanol–water partition coefficient (Wildman–Crippen LogP) is 1.06. The molecule has 0 saturated heterocycles. The van der Waals surface area contributed by atoms with Gasteiger partial charge in [0.05, 0.1) is 4.90 Å². The van der Waals surface area contributed by atoms with Crippen molar-refractivity contribution in [2.45, 2.75) is 4.90 Å². The normalized spacial score (nSPS) is 21.1. The van der Waals surface area contributed by atoms with Gasteiger partial charge in [-0.25, -0.2) is 8.42 Å². The molecule has 1 heterocycles. The molecule has 1 N–H and O–H groups in total. The van der Waals surface area contributed by atoms with Gasteiger partial charge in [-0.15, -0.1) is 0 Å². The number of benzene rings is 1. The molecule has 1 aromatic rings. The molecule has 1 aliphatic heterocycles. The van der Waals surface area contributed by atoms with E-state index in [1.165, 1.54) is 18.2 Å². The molecule has 0 unspecified atom stereocenters. The van der Waals surface area contributed by atoms with Gasteiger partial charge in [0.25, 0.3) is 0 Å². The van der Waals surface area contributed by atoms with E-state index < -0.39 is 20.5 Å². The second kappa shape index (κ2) is 2.68. The van der Waals surface area contributed by atoms with E-state index in [-0.39, 0.29) is 10.5 Å². The molecule has 0 amide bonds. The van der Waals surface area contributed by atoms with Crippen molar-refractivity contribution in [2.75, 3.05) is 0 Å². The van der Waals surface area contributed by atoms with Gasteiger partial charge < -0.3 is 5.11 Å². The molecule has 0 spiro atoms. The fourth-order valence-corrected chi connectivity index (χ4v) is 2.83. The summed E-state index contributed by atoms with van der Waals surface area (Å²) in [6, 6.07) is 5.88. The molecular weight excluding hydrogens is 204 g/mol. The first-order chi connectivity index (χ1) is 6.59. The molecule has 0 saturated carbocycles. The van der Waals surface area contributed by atoms with Crippen LogP contribution in [0.2, 0.25) is 0 Å². The highest BCUT2D eigenvalue weighted by atomic mass is 32.2. The van der Waals surface area contributed by atoms with Crippen LogP contribution in [0, 0.1) is 0 Å². The van der Waals surface area contributed by atoms with Gasteiger partial charge in [0, 0.05) is 5.56 Å². The fraction of sp³-hybridized carbons (Fsp3) is 0. The number of aliphatic hydroxyl groups is 1. The predicted molar refractivity (Wildman–Crippen MR) is 48.7 cm³/mol. The van der Waals surface area contributed by atoms with E-state index in [0.717, 1.165) is 0 Å². The van der Waals surface area contributed by atoms with Crippen molar-refractivity contribution < 1.29 is 18.3 Å². The molecular formula is C9H6O4S. The summed E-state index contributed by atoms with van der Waals surface area (Å²) in [5.41, 5.74) is 0.118. The first-order valence-corrected chi connectivity index (χ1v) is 5.30. The van der Waals surface area contributed by atoms with Crippen LogP contribution in [0.15, 0.2) is 40.3 Å². The van der Waals surface area contributed by atoms with Gasteiger partial charge in [0.1, 0.15) is 6.26 Å². The van der Waals surface area contributed by atoms with Gasteiger partial charge in [0.15, 0.2) is 4.91 Å². The topological polar surface area (TPSA) is 71.4 Å². The Morgan fingerprint density at radius 2 is 1.86 bits per heavy atom. The third-order valence-electron chi connectivity index (χ3n) is 2.05. The van der Waals surface area contributed by atoms with Crippen LogP contribution in [0.5, 0.6) is 0 Å². The summed E-state index contributed by atoms with van der Waals surface area (Å²) in [6.45, 7) is 0. The summed E-state index contributed by atoms with van der Waals surface area (Å²) < 4.78 is 23.2. The largest absolute Gasteiger partial charge is 0.514 e. The highest BCUT2D eigenvalue weighted by molar-refractivity contribution is 7.97. The van der Waals surface area contributed by atoms with E-state index in [9.17, 15) is 13.2 Å². The third kappa shape index (κ3) is 0.927. The number of ketones is 1. The van der Waals surface area contributed by atoms with E-state index in [1.54, 1.807) is 6.07 Å². The summed E-state index contributed by atoms with van der Waals surface area (Å²) in [5, 5.41) is 8.68. The monoisotopic (exact) mass is 210 g/mol. The molecule has 4 nitrogen and oxygen atoms in total. The Morgan fingerprint density at radius 1 is 1.21 bits per heavy atom. The first-order valence-electron chi connectivity index (χ1n) is 3.82. The Morgan fingerprint density at radius 3 is 2.43 bits per heavy atom. The van der Waals surface area contributed by atoms with Crippen LogP contribution in [0.1, 0.15) is 10.4 Å². The lowest BCUT2D eigenvalue weighted by molar-refractivity contribution is 0.104. The number of hydrogen-bond acceptors (Lipinski definition) is 4. The Labute approximate surface area is 80.4 Å². The van der Waals surface area contributed by atoms with E-state index in [0.29, 0.717) is 6.26 Å². The van der Waals surface area contributed by atoms with Gasteiger partial charge >= 0.3 is 0 Å². The second-order valence-electron chi connectivity index (χ2n) is 2.82. The quantitative estimate of drug-likeness (QED) is 0.513. The molecule has 0 bridgehead atoms. The number of carbonyl (C=O) groups excluding carboxylic acids is 1. The maximum absolute atomic E-state index is 11.6. The van der Waals surface area contributed by atoms with Crippen molar-refractivity contribution in [3.63, 3.8) is 0 Å². The molecule has 2 rings (SSSR count). The number of Topliss-reactive ketones (excluding diaryl/α,β-unsaturated/α-hetero) is 1. The summed E-state index contributed by atoms with van der Waals surface area (Å²) in [5.74, 6) is -0.650. The van der Waals surface area contributed by atoms with E-state index >= 15 is 0 Å². The molecule has 1 aromatic carbocycles. The van der Waals surface area contributed by atoms with Gasteiger partial charge in [-0.3, -0.25) is 4.79 Å². The van der Waals surface area contributed by atoms with Crippen LogP contribution < -0.4 is 0 Å². The average Bonchev–Trinajstić information content (AvgIpc) is 2.36. The number of sulfone groups is 1. The van der Waals surface area contributed by atoms with Gasteiger partial charge in [0.2, 0.25) is 15.6 Å². The molecule has 14 heavy (non-hydrogen) atoms. The molecule has 0 aliphatic carbocycles. The van der Waals surface area contributed by atoms with Crippen LogP contribution in [0.4, 0.5) is 0 Å². The smallest absolute Gasteiger partial charge is 0.214 e. The minimum atomic E-state index is -3.78. The molecule has 0 fully saturated rings. The van der Waals surface area contributed by atoms with Crippen molar-refractivity contribution in [2.24, 2.45) is 0 Å². The Balaban J connectivity index is 2.88. The zero-order valence-electron chi connectivity index (χ0n) is 6.97. The number of allylic oxidation sites excluding steroid dienone is 1. The summed E-state index contributed by atoms with van der Waals surface area (Å²) >= 11 is 0. The van der Waals surface area contributed by atoms with Crippen LogP contribution in [-0.2, 0) is 9.84 Å². The van der Waals surface area contributed by atoms with E-state index in [4.69, 9.17) is 5.11 Å². The van der Waals surface area contributed by atoms with Crippen LogP contribution >= 0.6 is 0 Å². The zero-order chi connectivity index (χ0) is 10.3. The number of rotatable bonds is 0. The molecule has 1 aliphatic rings. The molecule has 72 valence electrons. The number of hydrogen-bond donors (Lipinski definition) is 1. The third-order valence-corrected chi connectivity index (χ3v) is 3.86. The maximum Gasteiger partial charge on any atom is 0.214 e. The summed E-state index contributed by atoms with van der Waals surface area (Å²) in [4.78, 5) is 10.8. The van der Waals surface area contributed by atoms with Crippen LogP contribution in [0.25, 0.3) is 0 Å². The number of fused-ring (bicyclic) bond motifs is 1. The lowest BCUT2D eigenvalue weighted by Crippen LogP contribution is -2.01. The lowest BCUT2D eigenvalue weighted by atomic mass is 10.1. The highest BCUT2D eigenvalue weighted by Crippen LogP contribution is 2.33. The van der Waals surface area contributed by atoms with Crippen molar-refractivity contribution in [1.29, 1.82) is 0 Å². The Bertz CT molecular complexity index is 540. The Hall–Kier alpha value is -1.62. The highest BCUT2D eigenvalue weighted by Gasteiger charge is 2.38. The van der Waals surface area contributed by atoms with Crippen LogP contribution in [0.3, 0.4) is 0 Å². The second-order valence-corrected chi connectivity index (χ2v) is 4.71. The number of carbonyl (C=O) groups is 1. The molecule has 0 radical (unpaired) electrons. The standard InChI is InChI=1S/C9H6O4S/c10-5-8-9(11)6-3-1-2-4-7(6)14(8,12)13/h1-5,10H. The number of aliphatic hydroxyl groups excluding tert-OH is 1. The minimum absolute atomic E-state index is 0.0368. The van der Waals surface area contributed by atoms with E-state index in [2.05, 4.69) is 0 Å². The maximum atomic E-state index is 11.6. The average molecular weight is 210 g/mol. The molecule has 0 atom stereocenters. The van der Waals surface area contributed by atoms with Gasteiger partial charge in [-0.2, -0.15) is 0 Å². The lowest BCUT2D eigenvalue weighted by Gasteiger charge is -1.93. The molecule has 0 aromatic heterocycles. The SMILES string of the molecule is O=C1C(=CO)S(=O)(=O)c2ccccc21.